The van der Waals surface area contributed by atoms with Crippen LogP contribution in [-0.2, 0) is 4.74 Å². The molecule has 0 bridgehead atoms. The van der Waals surface area contributed by atoms with Gasteiger partial charge < -0.3 is 10.5 Å². The first kappa shape index (κ1) is 12.9. The van der Waals surface area contributed by atoms with Crippen molar-refractivity contribution in [1.29, 1.82) is 0 Å². The largest absolute Gasteiger partial charge is 0.374 e. The molecule has 3 rings (SSSR count). The Bertz CT molecular complexity index is 260. The highest BCUT2D eigenvalue weighted by Gasteiger charge is 2.41. The predicted molar refractivity (Wildman–Crippen MR) is 73.4 cm³/mol. The van der Waals surface area contributed by atoms with Crippen molar-refractivity contribution in [3.8, 4) is 0 Å². The van der Waals surface area contributed by atoms with Crippen molar-refractivity contribution in [1.82, 2.24) is 4.90 Å². The molecule has 1 heterocycles. The summed E-state index contributed by atoms with van der Waals surface area (Å²) in [6.07, 6.45) is 9.00. The lowest BCUT2D eigenvalue weighted by molar-refractivity contribution is -0.0846. The molecule has 0 spiro atoms. The second kappa shape index (κ2) is 5.48. The third-order valence-corrected chi connectivity index (χ3v) is 5.40. The van der Waals surface area contributed by atoms with Gasteiger partial charge in [-0.2, -0.15) is 0 Å². The number of rotatable bonds is 4. The normalized spacial score (nSPS) is 33.2. The number of nitrogens with two attached hydrogens (primary N) is 1. The molecule has 2 saturated carbocycles. The van der Waals surface area contributed by atoms with Crippen molar-refractivity contribution in [2.75, 3.05) is 19.7 Å². The zero-order valence-corrected chi connectivity index (χ0v) is 11.7. The molecule has 3 heteroatoms. The first-order valence-corrected chi connectivity index (χ1v) is 7.87. The standard InChI is InChI=1S/C15H28N2O/c1-11(16)14-10-17(8-9-18-14)15(12-4-2-5-12)13-6-3-7-13/h11-15H,2-10,16H2,1H3. The van der Waals surface area contributed by atoms with Crippen molar-refractivity contribution in [3.63, 3.8) is 0 Å². The minimum absolute atomic E-state index is 0.163. The summed E-state index contributed by atoms with van der Waals surface area (Å²) in [6, 6.07) is 1.01. The maximum atomic E-state index is 6.02. The maximum absolute atomic E-state index is 6.02. The monoisotopic (exact) mass is 252 g/mol. The van der Waals surface area contributed by atoms with E-state index in [9.17, 15) is 0 Å². The average molecular weight is 252 g/mol. The van der Waals surface area contributed by atoms with Crippen LogP contribution in [0.5, 0.6) is 0 Å². The zero-order valence-electron chi connectivity index (χ0n) is 11.7. The van der Waals surface area contributed by atoms with E-state index in [0.717, 1.165) is 37.6 Å². The van der Waals surface area contributed by atoms with Gasteiger partial charge in [0, 0.05) is 25.2 Å². The third kappa shape index (κ3) is 2.45. The molecular weight excluding hydrogens is 224 g/mol. The van der Waals surface area contributed by atoms with Gasteiger partial charge in [0.15, 0.2) is 0 Å². The Hall–Kier alpha value is -0.120. The summed E-state index contributed by atoms with van der Waals surface area (Å²) in [6.45, 7) is 5.15. The number of nitrogens with zero attached hydrogens (tertiary/aromatic N) is 1. The molecular formula is C15H28N2O. The van der Waals surface area contributed by atoms with Crippen LogP contribution >= 0.6 is 0 Å². The van der Waals surface area contributed by atoms with E-state index in [4.69, 9.17) is 10.5 Å². The van der Waals surface area contributed by atoms with E-state index in [-0.39, 0.29) is 12.1 Å². The molecule has 1 saturated heterocycles. The zero-order chi connectivity index (χ0) is 12.5. The second-order valence-corrected chi connectivity index (χ2v) is 6.64. The third-order valence-electron chi connectivity index (χ3n) is 5.40. The van der Waals surface area contributed by atoms with E-state index in [2.05, 4.69) is 11.8 Å². The molecule has 104 valence electrons. The van der Waals surface area contributed by atoms with Gasteiger partial charge in [-0.25, -0.2) is 0 Å². The van der Waals surface area contributed by atoms with Crippen LogP contribution in [-0.4, -0.2) is 42.8 Å². The Kier molecular flexibility index (Phi) is 3.92. The molecule has 2 N–H and O–H groups in total. The van der Waals surface area contributed by atoms with E-state index in [1.807, 2.05) is 0 Å². The minimum atomic E-state index is 0.163. The van der Waals surface area contributed by atoms with Crippen molar-refractivity contribution < 1.29 is 4.74 Å². The van der Waals surface area contributed by atoms with Crippen LogP contribution in [0.25, 0.3) is 0 Å². The van der Waals surface area contributed by atoms with Crippen LogP contribution < -0.4 is 5.73 Å². The molecule has 2 aliphatic carbocycles. The molecule has 2 unspecified atom stereocenters. The van der Waals surface area contributed by atoms with Crippen molar-refractivity contribution in [3.05, 3.63) is 0 Å². The fourth-order valence-corrected chi connectivity index (χ4v) is 3.83. The van der Waals surface area contributed by atoms with E-state index in [1.54, 1.807) is 0 Å². The maximum Gasteiger partial charge on any atom is 0.0850 e. The lowest BCUT2D eigenvalue weighted by atomic mass is 9.67. The molecule has 3 aliphatic rings. The van der Waals surface area contributed by atoms with Crippen LogP contribution in [0.3, 0.4) is 0 Å². The van der Waals surface area contributed by atoms with Crippen molar-refractivity contribution in [2.24, 2.45) is 17.6 Å². The fraction of sp³-hybridized carbons (Fsp3) is 1.00. The van der Waals surface area contributed by atoms with Crippen LogP contribution in [0.1, 0.15) is 45.4 Å². The number of hydrogen-bond donors (Lipinski definition) is 1. The van der Waals surface area contributed by atoms with E-state index >= 15 is 0 Å². The van der Waals surface area contributed by atoms with Crippen LogP contribution in [0.4, 0.5) is 0 Å². The highest BCUT2D eigenvalue weighted by molar-refractivity contribution is 4.94. The highest BCUT2D eigenvalue weighted by Crippen LogP contribution is 2.43. The van der Waals surface area contributed by atoms with E-state index in [0.29, 0.717) is 0 Å². The Balaban J connectivity index is 1.65. The number of morpholine rings is 1. The van der Waals surface area contributed by atoms with Crippen molar-refractivity contribution >= 4 is 0 Å². The summed E-state index contributed by atoms with van der Waals surface area (Å²) in [5.41, 5.74) is 6.02. The summed E-state index contributed by atoms with van der Waals surface area (Å²) in [5.74, 6) is 1.95. The average Bonchev–Trinajstić information content (AvgIpc) is 2.23. The van der Waals surface area contributed by atoms with Gasteiger partial charge in [-0.05, 0) is 44.4 Å². The quantitative estimate of drug-likeness (QED) is 0.832. The molecule has 0 aromatic carbocycles. The summed E-state index contributed by atoms with van der Waals surface area (Å²) in [7, 11) is 0. The number of hydrogen-bond acceptors (Lipinski definition) is 3. The predicted octanol–water partition coefficient (Wildman–Crippen LogP) is 2.00. The Morgan fingerprint density at radius 2 is 1.72 bits per heavy atom. The summed E-state index contributed by atoms with van der Waals surface area (Å²) < 4.78 is 5.82. The van der Waals surface area contributed by atoms with Gasteiger partial charge in [0.1, 0.15) is 0 Å². The topological polar surface area (TPSA) is 38.5 Å². The smallest absolute Gasteiger partial charge is 0.0850 e. The van der Waals surface area contributed by atoms with Gasteiger partial charge in [-0.15, -0.1) is 0 Å². The van der Waals surface area contributed by atoms with Crippen LogP contribution in [0.15, 0.2) is 0 Å². The molecule has 3 nitrogen and oxygen atoms in total. The van der Waals surface area contributed by atoms with E-state index < -0.39 is 0 Å². The summed E-state index contributed by atoms with van der Waals surface area (Å²) >= 11 is 0. The van der Waals surface area contributed by atoms with Gasteiger partial charge in [0.05, 0.1) is 12.7 Å². The van der Waals surface area contributed by atoms with Gasteiger partial charge in [-0.1, -0.05) is 12.8 Å². The van der Waals surface area contributed by atoms with Crippen molar-refractivity contribution in [2.45, 2.75) is 63.6 Å². The van der Waals surface area contributed by atoms with Crippen LogP contribution in [0.2, 0.25) is 0 Å². The molecule has 0 amide bonds. The summed E-state index contributed by atoms with van der Waals surface area (Å²) in [5, 5.41) is 0. The second-order valence-electron chi connectivity index (χ2n) is 6.64. The molecule has 18 heavy (non-hydrogen) atoms. The lowest BCUT2D eigenvalue weighted by Crippen LogP contribution is -2.58. The minimum Gasteiger partial charge on any atom is -0.374 e. The van der Waals surface area contributed by atoms with Crippen LogP contribution in [0, 0.1) is 11.8 Å². The lowest BCUT2D eigenvalue weighted by Gasteiger charge is -2.50. The molecule has 3 fully saturated rings. The Labute approximate surface area is 111 Å². The first-order chi connectivity index (χ1) is 8.75. The fourth-order valence-electron chi connectivity index (χ4n) is 3.83. The SMILES string of the molecule is CC(N)C1CN(C(C2CCC2)C2CCC2)CCO1. The molecule has 1 aliphatic heterocycles. The van der Waals surface area contributed by atoms with Gasteiger partial charge in [-0.3, -0.25) is 4.90 Å². The molecule has 0 aromatic heterocycles. The van der Waals surface area contributed by atoms with E-state index in [1.165, 1.54) is 38.5 Å². The number of ether oxygens (including phenoxy) is 1. The first-order valence-electron chi connectivity index (χ1n) is 7.87. The molecule has 2 atom stereocenters. The molecule has 0 aromatic rings. The summed E-state index contributed by atoms with van der Waals surface area (Å²) in [4.78, 5) is 2.73. The highest BCUT2D eigenvalue weighted by atomic mass is 16.5. The van der Waals surface area contributed by atoms with Gasteiger partial charge >= 0.3 is 0 Å². The Morgan fingerprint density at radius 3 is 2.17 bits per heavy atom. The van der Waals surface area contributed by atoms with Gasteiger partial charge in [0.25, 0.3) is 0 Å². The Morgan fingerprint density at radius 1 is 1.11 bits per heavy atom. The van der Waals surface area contributed by atoms with Gasteiger partial charge in [0.2, 0.25) is 0 Å². The molecule has 0 radical (unpaired) electrons.